The summed E-state index contributed by atoms with van der Waals surface area (Å²) in [5.41, 5.74) is 2.55. The molecule has 102 valence electrons. The average Bonchev–Trinajstić information content (AvgIpc) is 2.57. The first-order chi connectivity index (χ1) is 8.61. The molecule has 0 spiro atoms. The van der Waals surface area contributed by atoms with Crippen LogP contribution in [-0.2, 0) is 13.5 Å². The number of nitrogens with one attached hydrogen (secondary N) is 1. The maximum absolute atomic E-state index is 4.56. The number of rotatable bonds is 3. The van der Waals surface area contributed by atoms with Crippen molar-refractivity contribution in [1.82, 2.24) is 15.1 Å². The number of aromatic nitrogens is 2. The lowest BCUT2D eigenvalue weighted by molar-refractivity contribution is 0.420. The van der Waals surface area contributed by atoms with Crippen LogP contribution in [0, 0.1) is 5.92 Å². The minimum Gasteiger partial charge on any atom is -0.367 e. The number of aryl methyl sites for hydroxylation is 2. The summed E-state index contributed by atoms with van der Waals surface area (Å²) in [5.74, 6) is 0.673. The molecule has 2 rings (SSSR count). The van der Waals surface area contributed by atoms with Gasteiger partial charge in [-0.3, -0.25) is 4.68 Å². The highest BCUT2D eigenvalue weighted by Crippen LogP contribution is 2.22. The Morgan fingerprint density at radius 3 is 2.94 bits per heavy atom. The van der Waals surface area contributed by atoms with Crippen LogP contribution in [0.3, 0.4) is 0 Å². The highest BCUT2D eigenvalue weighted by molar-refractivity contribution is 5.49. The quantitative estimate of drug-likeness (QED) is 0.888. The molecule has 1 N–H and O–H groups in total. The van der Waals surface area contributed by atoms with E-state index >= 15 is 0 Å². The van der Waals surface area contributed by atoms with Crippen LogP contribution < -0.4 is 10.2 Å². The molecule has 0 radical (unpaired) electrons. The molecule has 1 saturated heterocycles. The molecular formula is C14H26N4. The van der Waals surface area contributed by atoms with Gasteiger partial charge in [0.25, 0.3) is 0 Å². The molecule has 0 amide bonds. The maximum atomic E-state index is 4.56. The van der Waals surface area contributed by atoms with Gasteiger partial charge >= 0.3 is 0 Å². The Hall–Kier alpha value is -1.03. The lowest BCUT2D eigenvalue weighted by Crippen LogP contribution is -2.41. The van der Waals surface area contributed by atoms with E-state index in [0.717, 1.165) is 26.1 Å². The van der Waals surface area contributed by atoms with E-state index in [4.69, 9.17) is 0 Å². The second-order valence-corrected chi connectivity index (χ2v) is 5.59. The molecule has 1 fully saturated rings. The summed E-state index contributed by atoms with van der Waals surface area (Å²) in [7, 11) is 2.01. The summed E-state index contributed by atoms with van der Waals surface area (Å²) in [5, 5.41) is 8.22. The molecule has 4 heteroatoms. The summed E-state index contributed by atoms with van der Waals surface area (Å²) in [6.07, 6.45) is 4.38. The lowest BCUT2D eigenvalue weighted by atomic mass is 10.0. The van der Waals surface area contributed by atoms with Gasteiger partial charge in [0.1, 0.15) is 0 Å². The zero-order valence-corrected chi connectivity index (χ0v) is 12.1. The van der Waals surface area contributed by atoms with Crippen molar-refractivity contribution >= 4 is 5.69 Å². The van der Waals surface area contributed by atoms with Crippen LogP contribution in [0.1, 0.15) is 32.9 Å². The van der Waals surface area contributed by atoms with Crippen LogP contribution >= 0.6 is 0 Å². The first-order valence-electron chi connectivity index (χ1n) is 7.12. The Bertz CT molecular complexity index is 383. The first kappa shape index (κ1) is 13.4. The fraction of sp³-hybridized carbons (Fsp3) is 0.786. The van der Waals surface area contributed by atoms with Gasteiger partial charge in [0.2, 0.25) is 0 Å². The third kappa shape index (κ3) is 2.86. The van der Waals surface area contributed by atoms with E-state index in [1.807, 2.05) is 11.7 Å². The van der Waals surface area contributed by atoms with Crippen LogP contribution in [-0.4, -0.2) is 35.5 Å². The van der Waals surface area contributed by atoms with E-state index in [-0.39, 0.29) is 0 Å². The van der Waals surface area contributed by atoms with Gasteiger partial charge in [0.05, 0.1) is 11.4 Å². The monoisotopic (exact) mass is 250 g/mol. The van der Waals surface area contributed by atoms with E-state index in [2.05, 4.69) is 42.3 Å². The first-order valence-corrected chi connectivity index (χ1v) is 7.12. The highest BCUT2D eigenvalue weighted by atomic mass is 15.3. The van der Waals surface area contributed by atoms with Crippen molar-refractivity contribution in [1.29, 1.82) is 0 Å². The molecule has 1 aliphatic rings. The molecule has 2 heterocycles. The van der Waals surface area contributed by atoms with Crippen molar-refractivity contribution in [2.45, 2.75) is 39.7 Å². The van der Waals surface area contributed by atoms with Gasteiger partial charge in [-0.25, -0.2) is 0 Å². The van der Waals surface area contributed by atoms with Gasteiger partial charge in [-0.2, -0.15) is 5.10 Å². The SMILES string of the molecule is CCc1nn(C)cc1N1CCCNC(C(C)C)C1. The second kappa shape index (κ2) is 5.74. The highest BCUT2D eigenvalue weighted by Gasteiger charge is 2.22. The Morgan fingerprint density at radius 1 is 1.50 bits per heavy atom. The Balaban J connectivity index is 2.19. The molecule has 18 heavy (non-hydrogen) atoms. The van der Waals surface area contributed by atoms with Crippen molar-refractivity contribution < 1.29 is 0 Å². The van der Waals surface area contributed by atoms with Gasteiger partial charge in [0, 0.05) is 32.4 Å². The smallest absolute Gasteiger partial charge is 0.0855 e. The average molecular weight is 250 g/mol. The second-order valence-electron chi connectivity index (χ2n) is 5.59. The predicted octanol–water partition coefficient (Wildman–Crippen LogP) is 1.81. The largest absolute Gasteiger partial charge is 0.367 e. The molecule has 0 aromatic carbocycles. The van der Waals surface area contributed by atoms with E-state index in [9.17, 15) is 0 Å². The number of hydrogen-bond acceptors (Lipinski definition) is 3. The molecule has 0 bridgehead atoms. The molecule has 1 aromatic heterocycles. The van der Waals surface area contributed by atoms with Crippen molar-refractivity contribution in [3.8, 4) is 0 Å². The van der Waals surface area contributed by atoms with Crippen molar-refractivity contribution in [3.05, 3.63) is 11.9 Å². The van der Waals surface area contributed by atoms with Gasteiger partial charge < -0.3 is 10.2 Å². The van der Waals surface area contributed by atoms with Gasteiger partial charge in [-0.15, -0.1) is 0 Å². The molecule has 1 unspecified atom stereocenters. The Kier molecular flexibility index (Phi) is 4.27. The zero-order chi connectivity index (χ0) is 13.1. The van der Waals surface area contributed by atoms with E-state index in [1.54, 1.807) is 0 Å². The Labute approximate surface area is 110 Å². The summed E-state index contributed by atoms with van der Waals surface area (Å²) in [6.45, 7) is 10.1. The normalized spacial score (nSPS) is 21.4. The fourth-order valence-corrected chi connectivity index (χ4v) is 2.65. The molecule has 0 aliphatic carbocycles. The third-order valence-corrected chi connectivity index (χ3v) is 3.79. The van der Waals surface area contributed by atoms with Gasteiger partial charge in [-0.1, -0.05) is 20.8 Å². The maximum Gasteiger partial charge on any atom is 0.0855 e. The predicted molar refractivity (Wildman–Crippen MR) is 76.0 cm³/mol. The van der Waals surface area contributed by atoms with Crippen molar-refractivity contribution in [2.75, 3.05) is 24.5 Å². The van der Waals surface area contributed by atoms with E-state index < -0.39 is 0 Å². The minimum absolute atomic E-state index is 0.581. The topological polar surface area (TPSA) is 33.1 Å². The lowest BCUT2D eigenvalue weighted by Gasteiger charge is -2.28. The van der Waals surface area contributed by atoms with Crippen LogP contribution in [0.2, 0.25) is 0 Å². The summed E-state index contributed by atoms with van der Waals surface area (Å²) in [4.78, 5) is 2.51. The third-order valence-electron chi connectivity index (χ3n) is 3.79. The molecule has 0 saturated carbocycles. The zero-order valence-electron chi connectivity index (χ0n) is 12.1. The van der Waals surface area contributed by atoms with Crippen LogP contribution in [0.15, 0.2) is 6.20 Å². The molecule has 4 nitrogen and oxygen atoms in total. The standard InChI is InChI=1S/C14H26N4/c1-5-12-14(10-17(4)16-12)18-8-6-7-15-13(9-18)11(2)3/h10-11,13,15H,5-9H2,1-4H3. The minimum atomic E-state index is 0.581. The fourth-order valence-electron chi connectivity index (χ4n) is 2.65. The summed E-state index contributed by atoms with van der Waals surface area (Å²) >= 11 is 0. The number of nitrogens with zero attached hydrogens (tertiary/aromatic N) is 3. The van der Waals surface area contributed by atoms with Crippen LogP contribution in [0.25, 0.3) is 0 Å². The van der Waals surface area contributed by atoms with E-state index in [1.165, 1.54) is 17.8 Å². The molecule has 1 atom stereocenters. The van der Waals surface area contributed by atoms with Crippen molar-refractivity contribution in [3.63, 3.8) is 0 Å². The number of anilines is 1. The molecule has 1 aromatic rings. The summed E-state index contributed by atoms with van der Waals surface area (Å²) in [6, 6.07) is 0.581. The number of hydrogen-bond donors (Lipinski definition) is 1. The van der Waals surface area contributed by atoms with E-state index in [0.29, 0.717) is 12.0 Å². The molecular weight excluding hydrogens is 224 g/mol. The Morgan fingerprint density at radius 2 is 2.28 bits per heavy atom. The van der Waals surface area contributed by atoms with Gasteiger partial charge in [0.15, 0.2) is 0 Å². The van der Waals surface area contributed by atoms with Crippen LogP contribution in [0.4, 0.5) is 5.69 Å². The van der Waals surface area contributed by atoms with Gasteiger partial charge in [-0.05, 0) is 25.3 Å². The summed E-state index contributed by atoms with van der Waals surface area (Å²) < 4.78 is 1.94. The molecule has 1 aliphatic heterocycles. The van der Waals surface area contributed by atoms with Crippen molar-refractivity contribution in [2.24, 2.45) is 13.0 Å². The van der Waals surface area contributed by atoms with Crippen LogP contribution in [0.5, 0.6) is 0 Å².